The standard InChI is InChI=1S/C30H21N2.C12H10N.Ir/c1-21-9-8-18-31-30(21)24-11-7-10-22(19-24)23-16-17-29-27(20-23)26-14-5-6-15-28(26)32(29)25-12-3-2-4-13-25;1-10-6-5-9-12(13-10)11-7-3-2-4-8-11;/h2-10,12-20H,1H3;2-7,9H,1H3;/q2*-1;. The number of fused-ring (bicyclic) bond motifs is 3. The molecule has 0 spiro atoms. The minimum atomic E-state index is 0. The van der Waals surface area contributed by atoms with Gasteiger partial charge < -0.3 is 14.5 Å². The van der Waals surface area contributed by atoms with E-state index in [0.29, 0.717) is 0 Å². The van der Waals surface area contributed by atoms with Crippen LogP contribution in [0.1, 0.15) is 11.3 Å². The molecule has 0 unspecified atom stereocenters. The molecule has 8 aromatic rings. The Balaban J connectivity index is 0.000000223. The van der Waals surface area contributed by atoms with Gasteiger partial charge in [0.05, 0.1) is 11.0 Å². The first-order valence-corrected chi connectivity index (χ1v) is 15.1. The zero-order valence-electron chi connectivity index (χ0n) is 25.6. The predicted molar refractivity (Wildman–Crippen MR) is 186 cm³/mol. The van der Waals surface area contributed by atoms with E-state index in [1.54, 1.807) is 0 Å². The van der Waals surface area contributed by atoms with Crippen molar-refractivity contribution < 1.29 is 20.1 Å². The summed E-state index contributed by atoms with van der Waals surface area (Å²) in [6, 6.07) is 56.7. The van der Waals surface area contributed by atoms with Gasteiger partial charge in [0.25, 0.3) is 0 Å². The largest absolute Gasteiger partial charge is 0.309 e. The maximum absolute atomic E-state index is 4.58. The molecule has 0 saturated heterocycles. The summed E-state index contributed by atoms with van der Waals surface area (Å²) in [6.45, 7) is 4.08. The number of para-hydroxylation sites is 2. The third-order valence-corrected chi connectivity index (χ3v) is 7.96. The Labute approximate surface area is 283 Å². The number of rotatable bonds is 4. The first-order chi connectivity index (χ1) is 22.2. The Hall–Kier alpha value is -5.15. The molecule has 0 fully saturated rings. The fourth-order valence-corrected chi connectivity index (χ4v) is 5.80. The Morgan fingerprint density at radius 3 is 2.13 bits per heavy atom. The van der Waals surface area contributed by atoms with Crippen LogP contribution in [0.2, 0.25) is 0 Å². The molecule has 0 aliphatic carbocycles. The van der Waals surface area contributed by atoms with E-state index in [9.17, 15) is 0 Å². The number of pyridine rings is 2. The Morgan fingerprint density at radius 2 is 1.33 bits per heavy atom. The van der Waals surface area contributed by atoms with Crippen LogP contribution in [0.25, 0.3) is 61.1 Å². The molecular weight excluding hydrogens is 739 g/mol. The van der Waals surface area contributed by atoms with E-state index in [1.807, 2.05) is 67.7 Å². The smallest absolute Gasteiger partial charge is 0.0541 e. The van der Waals surface area contributed by atoms with Crippen LogP contribution in [0.15, 0.2) is 152 Å². The molecule has 0 N–H and O–H groups in total. The summed E-state index contributed by atoms with van der Waals surface area (Å²) >= 11 is 0. The number of aryl methyl sites for hydroxylation is 2. The van der Waals surface area contributed by atoms with Crippen LogP contribution in [-0.2, 0) is 20.1 Å². The van der Waals surface area contributed by atoms with Crippen molar-refractivity contribution in [2.24, 2.45) is 0 Å². The summed E-state index contributed by atoms with van der Waals surface area (Å²) in [5.41, 5.74) is 12.2. The van der Waals surface area contributed by atoms with Gasteiger partial charge in [-0.2, -0.15) is 0 Å². The number of hydrogen-bond donors (Lipinski definition) is 0. The molecule has 4 heteroatoms. The average Bonchev–Trinajstić information content (AvgIpc) is 3.43. The Morgan fingerprint density at radius 1 is 0.565 bits per heavy atom. The molecule has 0 aliphatic rings. The van der Waals surface area contributed by atoms with Crippen molar-refractivity contribution in [1.29, 1.82) is 0 Å². The van der Waals surface area contributed by atoms with Crippen molar-refractivity contribution in [3.63, 3.8) is 0 Å². The molecule has 46 heavy (non-hydrogen) atoms. The van der Waals surface area contributed by atoms with Crippen molar-refractivity contribution in [3.8, 4) is 39.3 Å². The monoisotopic (exact) mass is 770 g/mol. The minimum absolute atomic E-state index is 0. The van der Waals surface area contributed by atoms with E-state index in [4.69, 9.17) is 0 Å². The quantitative estimate of drug-likeness (QED) is 0.167. The summed E-state index contributed by atoms with van der Waals surface area (Å²) in [6.07, 6.45) is 1.84. The topological polar surface area (TPSA) is 30.7 Å². The molecule has 3 nitrogen and oxygen atoms in total. The summed E-state index contributed by atoms with van der Waals surface area (Å²) in [5.74, 6) is 0. The van der Waals surface area contributed by atoms with E-state index >= 15 is 0 Å². The molecule has 3 aromatic heterocycles. The van der Waals surface area contributed by atoms with Crippen molar-refractivity contribution in [2.45, 2.75) is 13.8 Å². The van der Waals surface area contributed by atoms with Gasteiger partial charge in [-0.1, -0.05) is 66.2 Å². The summed E-state index contributed by atoms with van der Waals surface area (Å²) in [5, 5.41) is 2.52. The Kier molecular flexibility index (Phi) is 9.30. The van der Waals surface area contributed by atoms with Gasteiger partial charge >= 0.3 is 0 Å². The third-order valence-electron chi connectivity index (χ3n) is 7.96. The van der Waals surface area contributed by atoms with E-state index in [1.165, 1.54) is 38.6 Å². The van der Waals surface area contributed by atoms with Gasteiger partial charge in [0.2, 0.25) is 0 Å². The van der Waals surface area contributed by atoms with Crippen LogP contribution in [-0.4, -0.2) is 14.5 Å². The van der Waals surface area contributed by atoms with Gasteiger partial charge in [0, 0.05) is 48.5 Å². The molecule has 0 bridgehead atoms. The van der Waals surface area contributed by atoms with E-state index in [2.05, 4.69) is 125 Å². The SMILES string of the molecule is Cc1cccc(-c2[c-]cccc2)n1.Cc1cccnc1-c1[c-]ccc(-c2ccc3c(c2)c2ccccc2n3-c2ccccc2)c1.[Ir]. The van der Waals surface area contributed by atoms with Crippen molar-refractivity contribution in [2.75, 3.05) is 0 Å². The van der Waals surface area contributed by atoms with Crippen molar-refractivity contribution in [3.05, 3.63) is 175 Å². The number of nitrogens with zero attached hydrogens (tertiary/aromatic N) is 3. The normalized spacial score (nSPS) is 10.7. The average molecular weight is 770 g/mol. The molecule has 0 amide bonds. The van der Waals surface area contributed by atoms with Gasteiger partial charge in [-0.15, -0.1) is 71.3 Å². The number of benzene rings is 5. The molecule has 5 aromatic carbocycles. The van der Waals surface area contributed by atoms with Gasteiger partial charge in [0.1, 0.15) is 0 Å². The van der Waals surface area contributed by atoms with Gasteiger partial charge in [-0.25, -0.2) is 0 Å². The molecule has 3 heterocycles. The fraction of sp³-hybridized carbons (Fsp3) is 0.0476. The maximum atomic E-state index is 4.58. The van der Waals surface area contributed by atoms with Crippen LogP contribution >= 0.6 is 0 Å². The maximum Gasteiger partial charge on any atom is 0.0541 e. The zero-order chi connectivity index (χ0) is 30.6. The first kappa shape index (κ1) is 30.9. The second-order valence-electron chi connectivity index (χ2n) is 11.0. The molecule has 0 saturated carbocycles. The van der Waals surface area contributed by atoms with Crippen LogP contribution in [0, 0.1) is 26.0 Å². The molecule has 0 atom stereocenters. The van der Waals surface area contributed by atoms with Crippen molar-refractivity contribution >= 4 is 21.8 Å². The first-order valence-electron chi connectivity index (χ1n) is 15.1. The zero-order valence-corrected chi connectivity index (χ0v) is 28.0. The molecule has 8 rings (SSSR count). The fourth-order valence-electron chi connectivity index (χ4n) is 5.80. The molecule has 1 radical (unpaired) electrons. The number of aromatic nitrogens is 3. The van der Waals surface area contributed by atoms with Gasteiger partial charge in [-0.05, 0) is 73.3 Å². The number of hydrogen-bond acceptors (Lipinski definition) is 2. The van der Waals surface area contributed by atoms with E-state index in [0.717, 1.165) is 33.8 Å². The second kappa shape index (κ2) is 13.9. The summed E-state index contributed by atoms with van der Waals surface area (Å²) in [7, 11) is 0. The summed E-state index contributed by atoms with van der Waals surface area (Å²) in [4.78, 5) is 8.99. The molecule has 225 valence electrons. The van der Waals surface area contributed by atoms with E-state index in [-0.39, 0.29) is 20.1 Å². The van der Waals surface area contributed by atoms with Crippen LogP contribution < -0.4 is 0 Å². The minimum Gasteiger partial charge on any atom is -0.309 e. The second-order valence-corrected chi connectivity index (χ2v) is 11.0. The Bertz CT molecular complexity index is 2240. The summed E-state index contributed by atoms with van der Waals surface area (Å²) < 4.78 is 2.34. The predicted octanol–water partition coefficient (Wildman–Crippen LogP) is 10.5. The third kappa shape index (κ3) is 6.32. The van der Waals surface area contributed by atoms with Crippen LogP contribution in [0.3, 0.4) is 0 Å². The molecule has 0 aliphatic heterocycles. The van der Waals surface area contributed by atoms with Crippen LogP contribution in [0.4, 0.5) is 0 Å². The van der Waals surface area contributed by atoms with Crippen LogP contribution in [0.5, 0.6) is 0 Å². The molecular formula is C42H31IrN3-2. The van der Waals surface area contributed by atoms with E-state index < -0.39 is 0 Å². The van der Waals surface area contributed by atoms with Crippen molar-refractivity contribution in [1.82, 2.24) is 14.5 Å². The van der Waals surface area contributed by atoms with Gasteiger partial charge in [-0.3, -0.25) is 0 Å². The van der Waals surface area contributed by atoms with Gasteiger partial charge in [0.15, 0.2) is 0 Å².